The molecule has 35 heavy (non-hydrogen) atoms. The zero-order valence-corrected chi connectivity index (χ0v) is 21.7. The first-order chi connectivity index (χ1) is 16.8. The molecule has 1 N–H and O–H groups in total. The highest BCUT2D eigenvalue weighted by Gasteiger charge is 2.36. The summed E-state index contributed by atoms with van der Waals surface area (Å²) in [5, 5.41) is 2.87. The summed E-state index contributed by atoms with van der Waals surface area (Å²) in [6.45, 7) is 2.20. The molecule has 0 aromatic heterocycles. The molecule has 7 nitrogen and oxygen atoms in total. The summed E-state index contributed by atoms with van der Waals surface area (Å²) in [5.41, 5.74) is 2.66. The molecule has 3 aromatic carbocycles. The van der Waals surface area contributed by atoms with Crippen molar-refractivity contribution in [2.75, 3.05) is 12.0 Å². The molecule has 4 rings (SSSR count). The Morgan fingerprint density at radius 1 is 1.03 bits per heavy atom. The standard InChI is InChI=1S/C26H20ClIN2O5/c1-15-3-9-19(10-4-15)30-25(32)20(24(31)29-26(30)33)11-17-12-21(28)23(22(13-17)34-2)35-14-16-5-7-18(27)8-6-16/h3-13H,14H2,1-2H3,(H,29,31,33). The first-order valence-electron chi connectivity index (χ1n) is 10.5. The van der Waals surface area contributed by atoms with Crippen molar-refractivity contribution in [3.63, 3.8) is 0 Å². The van der Waals surface area contributed by atoms with Crippen LogP contribution in [-0.2, 0) is 16.2 Å². The van der Waals surface area contributed by atoms with E-state index in [1.165, 1.54) is 13.2 Å². The minimum Gasteiger partial charge on any atom is -0.493 e. The number of nitrogens with zero attached hydrogens (tertiary/aromatic N) is 1. The van der Waals surface area contributed by atoms with Crippen molar-refractivity contribution in [1.82, 2.24) is 5.32 Å². The number of hydrogen-bond donors (Lipinski definition) is 1. The van der Waals surface area contributed by atoms with Gasteiger partial charge in [-0.3, -0.25) is 14.9 Å². The number of aryl methyl sites for hydroxylation is 1. The number of carbonyl (C=O) groups excluding carboxylic acids is 3. The third-order valence-electron chi connectivity index (χ3n) is 5.25. The van der Waals surface area contributed by atoms with Gasteiger partial charge >= 0.3 is 6.03 Å². The second kappa shape index (κ2) is 10.5. The van der Waals surface area contributed by atoms with Crippen LogP contribution in [-0.4, -0.2) is 25.0 Å². The summed E-state index contributed by atoms with van der Waals surface area (Å²) >= 11 is 8.04. The fourth-order valence-corrected chi connectivity index (χ4v) is 4.36. The van der Waals surface area contributed by atoms with Gasteiger partial charge in [-0.2, -0.15) is 0 Å². The van der Waals surface area contributed by atoms with E-state index >= 15 is 0 Å². The predicted octanol–water partition coefficient (Wildman–Crippen LogP) is 5.51. The van der Waals surface area contributed by atoms with Crippen LogP contribution in [0.5, 0.6) is 11.5 Å². The molecule has 1 saturated heterocycles. The van der Waals surface area contributed by atoms with E-state index in [9.17, 15) is 14.4 Å². The number of amides is 4. The minimum absolute atomic E-state index is 0.169. The maximum Gasteiger partial charge on any atom is 0.335 e. The van der Waals surface area contributed by atoms with E-state index in [1.54, 1.807) is 48.5 Å². The van der Waals surface area contributed by atoms with E-state index in [0.29, 0.717) is 34.4 Å². The van der Waals surface area contributed by atoms with Crippen molar-refractivity contribution < 1.29 is 23.9 Å². The highest BCUT2D eigenvalue weighted by molar-refractivity contribution is 14.1. The molecule has 0 bridgehead atoms. The van der Waals surface area contributed by atoms with Crippen LogP contribution in [0.15, 0.2) is 66.2 Å². The van der Waals surface area contributed by atoms with Crippen molar-refractivity contribution in [2.24, 2.45) is 0 Å². The highest BCUT2D eigenvalue weighted by atomic mass is 127. The third kappa shape index (κ3) is 5.49. The van der Waals surface area contributed by atoms with Gasteiger partial charge < -0.3 is 9.47 Å². The second-order valence-electron chi connectivity index (χ2n) is 7.74. The maximum atomic E-state index is 13.1. The van der Waals surface area contributed by atoms with Gasteiger partial charge in [0.05, 0.1) is 16.4 Å². The number of anilines is 1. The normalized spacial score (nSPS) is 14.8. The van der Waals surface area contributed by atoms with Crippen molar-refractivity contribution in [2.45, 2.75) is 13.5 Å². The van der Waals surface area contributed by atoms with E-state index in [-0.39, 0.29) is 5.57 Å². The zero-order chi connectivity index (χ0) is 25.1. The molecule has 0 unspecified atom stereocenters. The molecule has 3 aromatic rings. The number of imide groups is 2. The molecule has 0 saturated carbocycles. The Morgan fingerprint density at radius 2 is 1.71 bits per heavy atom. The van der Waals surface area contributed by atoms with Gasteiger partial charge in [0, 0.05) is 5.02 Å². The van der Waals surface area contributed by atoms with Gasteiger partial charge in [0.1, 0.15) is 12.2 Å². The Balaban J connectivity index is 1.63. The molecule has 1 heterocycles. The average Bonchev–Trinajstić information content (AvgIpc) is 2.83. The largest absolute Gasteiger partial charge is 0.493 e. The first-order valence-corrected chi connectivity index (χ1v) is 12.0. The minimum atomic E-state index is -0.792. The van der Waals surface area contributed by atoms with Crippen LogP contribution in [0.4, 0.5) is 10.5 Å². The van der Waals surface area contributed by atoms with Crippen molar-refractivity contribution in [3.8, 4) is 11.5 Å². The molecule has 9 heteroatoms. The van der Waals surface area contributed by atoms with Crippen LogP contribution in [0.1, 0.15) is 16.7 Å². The van der Waals surface area contributed by atoms with Crippen LogP contribution in [0.3, 0.4) is 0 Å². The molecule has 1 aliphatic heterocycles. The summed E-state index contributed by atoms with van der Waals surface area (Å²) < 4.78 is 12.2. The van der Waals surface area contributed by atoms with Crippen LogP contribution < -0.4 is 19.7 Å². The van der Waals surface area contributed by atoms with Gasteiger partial charge in [-0.25, -0.2) is 9.69 Å². The number of carbonyl (C=O) groups is 3. The molecule has 0 aliphatic carbocycles. The lowest BCUT2D eigenvalue weighted by Crippen LogP contribution is -2.54. The zero-order valence-electron chi connectivity index (χ0n) is 18.8. The lowest BCUT2D eigenvalue weighted by atomic mass is 10.1. The first kappa shape index (κ1) is 24.7. The van der Waals surface area contributed by atoms with E-state index in [0.717, 1.165) is 19.6 Å². The average molecular weight is 603 g/mol. The summed E-state index contributed by atoms with van der Waals surface area (Å²) in [7, 11) is 1.51. The fourth-order valence-electron chi connectivity index (χ4n) is 3.45. The molecule has 0 spiro atoms. The monoisotopic (exact) mass is 602 g/mol. The molecule has 1 fully saturated rings. The van der Waals surface area contributed by atoms with Gasteiger partial charge in [0.15, 0.2) is 11.5 Å². The highest BCUT2D eigenvalue weighted by Crippen LogP contribution is 2.35. The molecular formula is C26H20ClIN2O5. The van der Waals surface area contributed by atoms with Gasteiger partial charge in [0.25, 0.3) is 11.8 Å². The second-order valence-corrected chi connectivity index (χ2v) is 9.34. The molecule has 4 amide bonds. The SMILES string of the molecule is COc1cc(C=C2C(=O)NC(=O)N(c3ccc(C)cc3)C2=O)cc(I)c1OCc1ccc(Cl)cc1. The van der Waals surface area contributed by atoms with Gasteiger partial charge in [-0.15, -0.1) is 0 Å². The molecule has 1 aliphatic rings. The smallest absolute Gasteiger partial charge is 0.335 e. The van der Waals surface area contributed by atoms with E-state index in [4.69, 9.17) is 21.1 Å². The van der Waals surface area contributed by atoms with Crippen LogP contribution in [0, 0.1) is 10.5 Å². The number of halogens is 2. The van der Waals surface area contributed by atoms with E-state index < -0.39 is 17.8 Å². The van der Waals surface area contributed by atoms with Crippen molar-refractivity contribution in [1.29, 1.82) is 0 Å². The maximum absolute atomic E-state index is 13.1. The molecule has 0 radical (unpaired) electrons. The Kier molecular flexibility index (Phi) is 7.42. The van der Waals surface area contributed by atoms with Crippen molar-refractivity contribution >= 4 is 63.8 Å². The van der Waals surface area contributed by atoms with E-state index in [1.807, 2.05) is 19.1 Å². The van der Waals surface area contributed by atoms with Gasteiger partial charge in [-0.1, -0.05) is 41.4 Å². The molecule has 178 valence electrons. The summed E-state index contributed by atoms with van der Waals surface area (Å²) in [4.78, 5) is 39.0. The van der Waals surface area contributed by atoms with Crippen LogP contribution in [0.2, 0.25) is 5.02 Å². The number of benzene rings is 3. The number of ether oxygens (including phenoxy) is 2. The third-order valence-corrected chi connectivity index (χ3v) is 6.31. The number of methoxy groups -OCH3 is 1. The summed E-state index contributed by atoms with van der Waals surface area (Å²) in [6, 6.07) is 16.8. The van der Waals surface area contributed by atoms with Crippen LogP contribution in [0.25, 0.3) is 6.08 Å². The molecular weight excluding hydrogens is 583 g/mol. The van der Waals surface area contributed by atoms with Gasteiger partial charge in [0.2, 0.25) is 0 Å². The Hall–Kier alpha value is -3.37. The number of nitrogens with one attached hydrogen (secondary N) is 1. The number of hydrogen-bond acceptors (Lipinski definition) is 5. The van der Waals surface area contributed by atoms with Crippen molar-refractivity contribution in [3.05, 3.63) is 91.5 Å². The quantitative estimate of drug-likeness (QED) is 0.229. The lowest BCUT2D eigenvalue weighted by Gasteiger charge is -2.26. The number of urea groups is 1. The Labute approximate surface area is 220 Å². The molecule has 0 atom stereocenters. The summed E-state index contributed by atoms with van der Waals surface area (Å²) in [6.07, 6.45) is 1.43. The predicted molar refractivity (Wildman–Crippen MR) is 142 cm³/mol. The topological polar surface area (TPSA) is 84.9 Å². The van der Waals surface area contributed by atoms with E-state index in [2.05, 4.69) is 27.9 Å². The summed E-state index contributed by atoms with van der Waals surface area (Å²) in [5.74, 6) is -0.506. The van der Waals surface area contributed by atoms with Gasteiger partial charge in [-0.05, 0) is 83.1 Å². The fraction of sp³-hybridized carbons (Fsp3) is 0.115. The lowest BCUT2D eigenvalue weighted by molar-refractivity contribution is -0.122. The Morgan fingerprint density at radius 3 is 2.37 bits per heavy atom. The Bertz CT molecular complexity index is 1340. The van der Waals surface area contributed by atoms with Crippen LogP contribution >= 0.6 is 34.2 Å². The number of rotatable bonds is 6. The number of barbiturate groups is 1.